The molecular weight excluding hydrogens is 384 g/mol. The highest BCUT2D eigenvalue weighted by Crippen LogP contribution is 2.32. The van der Waals surface area contributed by atoms with Crippen LogP contribution in [0.2, 0.25) is 5.02 Å². The Morgan fingerprint density at radius 3 is 2.57 bits per heavy atom. The number of carbonyl (C=O) groups is 3. The molecule has 0 unspecified atom stereocenters. The van der Waals surface area contributed by atoms with Crippen LogP contribution in [0.4, 0.5) is 11.4 Å². The second kappa shape index (κ2) is 8.62. The molecule has 0 atom stereocenters. The summed E-state index contributed by atoms with van der Waals surface area (Å²) in [5, 5.41) is 12.5. The van der Waals surface area contributed by atoms with E-state index in [2.05, 4.69) is 10.2 Å². The van der Waals surface area contributed by atoms with Crippen LogP contribution >= 0.6 is 11.6 Å². The average molecular weight is 407 g/mol. The number of β-amino-alcohol motifs (C(OH)–C–C–N with tert-alkyl or cyclic N) is 1. The molecule has 0 saturated carbocycles. The van der Waals surface area contributed by atoms with Crippen molar-refractivity contribution in [1.82, 2.24) is 9.80 Å². The first kappa shape index (κ1) is 20.2. The molecule has 3 amide bonds. The number of nitrogens with one attached hydrogen (secondary N) is 1. The third-order valence-corrected chi connectivity index (χ3v) is 5.07. The first-order valence-corrected chi connectivity index (χ1v) is 9.60. The number of rotatable bonds is 6. The van der Waals surface area contributed by atoms with E-state index >= 15 is 0 Å². The Morgan fingerprint density at radius 1 is 1.21 bits per heavy atom. The Balaban J connectivity index is 1.77. The molecule has 1 aromatic carbocycles. The van der Waals surface area contributed by atoms with Crippen LogP contribution in [0.15, 0.2) is 30.0 Å². The van der Waals surface area contributed by atoms with Crippen molar-refractivity contribution in [3.63, 3.8) is 0 Å². The predicted octanol–water partition coefficient (Wildman–Crippen LogP) is 1.06. The van der Waals surface area contributed by atoms with Gasteiger partial charge in [-0.25, -0.2) is 0 Å². The van der Waals surface area contributed by atoms with Gasteiger partial charge >= 0.3 is 0 Å². The Kier molecular flexibility index (Phi) is 6.21. The Hall–Kier alpha value is -2.58. The molecular formula is C19H23ClN4O4. The summed E-state index contributed by atoms with van der Waals surface area (Å²) >= 11 is 6.14. The zero-order valence-electron chi connectivity index (χ0n) is 15.7. The van der Waals surface area contributed by atoms with Crippen LogP contribution in [0.5, 0.6) is 0 Å². The predicted molar refractivity (Wildman–Crippen MR) is 106 cm³/mol. The van der Waals surface area contributed by atoms with E-state index in [1.807, 2.05) is 17.9 Å². The van der Waals surface area contributed by atoms with E-state index in [0.717, 1.165) is 10.6 Å². The molecule has 3 rings (SSSR count). The molecule has 0 aliphatic carbocycles. The number of nitrogens with zero attached hydrogens (tertiary/aromatic N) is 3. The number of aliphatic hydroxyl groups is 1. The van der Waals surface area contributed by atoms with Crippen molar-refractivity contribution in [2.75, 3.05) is 49.5 Å². The van der Waals surface area contributed by atoms with Crippen molar-refractivity contribution >= 4 is 40.7 Å². The van der Waals surface area contributed by atoms with E-state index < -0.39 is 11.8 Å². The van der Waals surface area contributed by atoms with E-state index in [4.69, 9.17) is 16.7 Å². The van der Waals surface area contributed by atoms with Crippen LogP contribution < -0.4 is 10.2 Å². The smallest absolute Gasteiger partial charge is 0.277 e. The Labute approximate surface area is 168 Å². The van der Waals surface area contributed by atoms with Gasteiger partial charge in [-0.2, -0.15) is 0 Å². The fourth-order valence-electron chi connectivity index (χ4n) is 3.36. The van der Waals surface area contributed by atoms with Crippen molar-refractivity contribution in [2.45, 2.75) is 13.3 Å². The third-order valence-electron chi connectivity index (χ3n) is 4.84. The minimum absolute atomic E-state index is 0.0465. The summed E-state index contributed by atoms with van der Waals surface area (Å²) in [5.74, 6) is -0.807. The van der Waals surface area contributed by atoms with Gasteiger partial charge in [0.05, 0.1) is 24.5 Å². The van der Waals surface area contributed by atoms with E-state index in [0.29, 0.717) is 43.3 Å². The van der Waals surface area contributed by atoms with Gasteiger partial charge in [-0.1, -0.05) is 18.5 Å². The minimum atomic E-state index is -0.483. The maximum atomic E-state index is 12.4. The summed E-state index contributed by atoms with van der Waals surface area (Å²) in [6, 6.07) is 5.32. The van der Waals surface area contributed by atoms with Gasteiger partial charge in [0.2, 0.25) is 5.91 Å². The number of anilines is 2. The van der Waals surface area contributed by atoms with Crippen molar-refractivity contribution < 1.29 is 19.5 Å². The van der Waals surface area contributed by atoms with E-state index in [-0.39, 0.29) is 24.8 Å². The molecule has 2 heterocycles. The van der Waals surface area contributed by atoms with Crippen LogP contribution in [-0.4, -0.2) is 72.0 Å². The molecule has 0 aromatic heterocycles. The fraction of sp³-hybridized carbons (Fsp3) is 0.421. The lowest BCUT2D eigenvalue weighted by atomic mass is 10.2. The molecule has 9 heteroatoms. The summed E-state index contributed by atoms with van der Waals surface area (Å²) in [6.45, 7) is 4.08. The van der Waals surface area contributed by atoms with Crippen molar-refractivity contribution in [3.05, 3.63) is 35.0 Å². The summed E-state index contributed by atoms with van der Waals surface area (Å²) in [7, 11) is 0. The number of piperazine rings is 1. The maximum Gasteiger partial charge on any atom is 0.277 e. The van der Waals surface area contributed by atoms with E-state index in [1.54, 1.807) is 12.1 Å². The maximum absolute atomic E-state index is 12.4. The van der Waals surface area contributed by atoms with Crippen molar-refractivity contribution in [3.8, 4) is 0 Å². The molecule has 2 aliphatic rings. The molecule has 0 radical (unpaired) electrons. The molecule has 28 heavy (non-hydrogen) atoms. The average Bonchev–Trinajstić information content (AvgIpc) is 2.95. The summed E-state index contributed by atoms with van der Waals surface area (Å²) in [4.78, 5) is 41.2. The molecule has 1 aromatic rings. The van der Waals surface area contributed by atoms with Crippen molar-refractivity contribution in [1.29, 1.82) is 0 Å². The highest BCUT2D eigenvalue weighted by Gasteiger charge is 2.31. The normalized spacial score (nSPS) is 17.2. The number of benzene rings is 1. The van der Waals surface area contributed by atoms with E-state index in [1.165, 1.54) is 6.08 Å². The Bertz CT molecular complexity index is 818. The first-order valence-electron chi connectivity index (χ1n) is 9.22. The number of aliphatic hydroxyl groups excluding tert-OH is 1. The number of imide groups is 1. The highest BCUT2D eigenvalue weighted by molar-refractivity contribution is 6.31. The topological polar surface area (TPSA) is 93.2 Å². The molecule has 8 nitrogen and oxygen atoms in total. The SMILES string of the molecule is CCC(=O)N1CCN(c2ccc(Cl)cc2NC2=CC(=O)N(CCO)C2=O)CC1. The molecule has 0 bridgehead atoms. The summed E-state index contributed by atoms with van der Waals surface area (Å²) in [6.07, 6.45) is 1.71. The number of carbonyl (C=O) groups excluding carboxylic acids is 3. The van der Waals surface area contributed by atoms with Crippen LogP contribution in [0.25, 0.3) is 0 Å². The second-order valence-electron chi connectivity index (χ2n) is 6.58. The van der Waals surface area contributed by atoms with E-state index in [9.17, 15) is 14.4 Å². The summed E-state index contributed by atoms with van der Waals surface area (Å²) in [5.41, 5.74) is 1.59. The number of hydrogen-bond donors (Lipinski definition) is 2. The lowest BCUT2D eigenvalue weighted by molar-refractivity contribution is -0.137. The monoisotopic (exact) mass is 406 g/mol. The van der Waals surface area contributed by atoms with Gasteiger partial charge in [0, 0.05) is 43.7 Å². The second-order valence-corrected chi connectivity index (χ2v) is 7.02. The van der Waals surface area contributed by atoms with Gasteiger partial charge in [-0.15, -0.1) is 0 Å². The quantitative estimate of drug-likeness (QED) is 0.686. The number of amides is 3. The van der Waals surface area contributed by atoms with Crippen molar-refractivity contribution in [2.24, 2.45) is 0 Å². The number of halogens is 1. The molecule has 0 spiro atoms. The number of hydrogen-bond acceptors (Lipinski definition) is 6. The highest BCUT2D eigenvalue weighted by atomic mass is 35.5. The van der Waals surface area contributed by atoms with Gasteiger partial charge < -0.3 is 20.2 Å². The lowest BCUT2D eigenvalue weighted by Crippen LogP contribution is -2.48. The molecule has 2 aliphatic heterocycles. The Morgan fingerprint density at radius 2 is 1.93 bits per heavy atom. The third kappa shape index (κ3) is 4.13. The standard InChI is InChI=1S/C19H23ClN4O4/c1-2-17(26)23-7-5-22(6-8-23)16-4-3-13(20)11-14(16)21-15-12-18(27)24(9-10-25)19(15)28/h3-4,11-12,21,25H,2,5-10H2,1H3. The minimum Gasteiger partial charge on any atom is -0.395 e. The van der Waals surface area contributed by atoms with Crippen LogP contribution in [0, 0.1) is 0 Å². The molecule has 150 valence electrons. The van der Waals surface area contributed by atoms with Gasteiger partial charge in [0.1, 0.15) is 5.70 Å². The van der Waals surface area contributed by atoms with Gasteiger partial charge in [-0.3, -0.25) is 19.3 Å². The van der Waals surface area contributed by atoms with Crippen LogP contribution in [0.3, 0.4) is 0 Å². The zero-order chi connectivity index (χ0) is 20.3. The van der Waals surface area contributed by atoms with Crippen LogP contribution in [-0.2, 0) is 14.4 Å². The zero-order valence-corrected chi connectivity index (χ0v) is 16.4. The summed E-state index contributed by atoms with van der Waals surface area (Å²) < 4.78 is 0. The van der Waals surface area contributed by atoms with Gasteiger partial charge in [0.15, 0.2) is 0 Å². The van der Waals surface area contributed by atoms with Gasteiger partial charge in [0.25, 0.3) is 11.8 Å². The molecule has 2 N–H and O–H groups in total. The fourth-order valence-corrected chi connectivity index (χ4v) is 3.53. The largest absolute Gasteiger partial charge is 0.395 e. The lowest BCUT2D eigenvalue weighted by Gasteiger charge is -2.37. The molecule has 1 saturated heterocycles. The molecule has 1 fully saturated rings. The van der Waals surface area contributed by atoms with Crippen LogP contribution in [0.1, 0.15) is 13.3 Å². The van der Waals surface area contributed by atoms with Gasteiger partial charge in [-0.05, 0) is 18.2 Å². The first-order chi connectivity index (χ1) is 13.4.